The van der Waals surface area contributed by atoms with E-state index in [1.807, 2.05) is 0 Å². The predicted molar refractivity (Wildman–Crippen MR) is 71.0 cm³/mol. The van der Waals surface area contributed by atoms with Crippen LogP contribution in [0.2, 0.25) is 0 Å². The molecule has 3 N–H and O–H groups in total. The predicted octanol–water partition coefficient (Wildman–Crippen LogP) is 3.62. The van der Waals surface area contributed by atoms with Crippen LogP contribution in [0.1, 0.15) is 71.6 Å². The Bertz CT molecular complexity index is 170. The van der Waals surface area contributed by atoms with Crippen LogP contribution in [0.3, 0.4) is 0 Å². The highest BCUT2D eigenvalue weighted by molar-refractivity contribution is 4.83. The van der Waals surface area contributed by atoms with Crippen molar-refractivity contribution in [3.63, 3.8) is 0 Å². The van der Waals surface area contributed by atoms with Crippen molar-refractivity contribution >= 4 is 0 Å². The number of hydrazine groups is 1. The minimum atomic E-state index is 0.577. The minimum absolute atomic E-state index is 0.577. The van der Waals surface area contributed by atoms with Crippen molar-refractivity contribution in [2.24, 2.45) is 17.7 Å². The van der Waals surface area contributed by atoms with Crippen molar-refractivity contribution in [3.8, 4) is 0 Å². The van der Waals surface area contributed by atoms with Gasteiger partial charge in [0.25, 0.3) is 0 Å². The van der Waals surface area contributed by atoms with Crippen molar-refractivity contribution < 1.29 is 0 Å². The molecular formula is C14H30N2. The average molecular weight is 226 g/mol. The van der Waals surface area contributed by atoms with Gasteiger partial charge in [-0.15, -0.1) is 0 Å². The first kappa shape index (κ1) is 14.0. The Morgan fingerprint density at radius 2 is 2.00 bits per heavy atom. The summed E-state index contributed by atoms with van der Waals surface area (Å²) in [6.45, 7) is 4.58. The molecule has 0 aromatic rings. The molecule has 3 unspecified atom stereocenters. The molecule has 0 aromatic carbocycles. The monoisotopic (exact) mass is 226 g/mol. The van der Waals surface area contributed by atoms with E-state index in [1.54, 1.807) is 0 Å². The molecule has 1 rings (SSSR count). The summed E-state index contributed by atoms with van der Waals surface area (Å²) in [7, 11) is 0. The van der Waals surface area contributed by atoms with Crippen LogP contribution in [0, 0.1) is 11.8 Å². The first-order valence-electron chi connectivity index (χ1n) is 7.27. The Labute approximate surface area is 101 Å². The molecule has 96 valence electrons. The molecule has 1 aliphatic carbocycles. The lowest BCUT2D eigenvalue weighted by Crippen LogP contribution is -2.40. The molecule has 1 fully saturated rings. The quantitative estimate of drug-likeness (QED) is 0.377. The number of nitrogens with one attached hydrogen (secondary N) is 1. The first-order chi connectivity index (χ1) is 7.81. The van der Waals surface area contributed by atoms with Gasteiger partial charge in [0.1, 0.15) is 0 Å². The number of hydrogen-bond acceptors (Lipinski definition) is 2. The molecule has 0 aromatic heterocycles. The highest BCUT2D eigenvalue weighted by Crippen LogP contribution is 2.35. The second kappa shape index (κ2) is 8.08. The number of rotatable bonds is 8. The minimum Gasteiger partial charge on any atom is -0.271 e. The average Bonchev–Trinajstić information content (AvgIpc) is 2.78. The highest BCUT2D eigenvalue weighted by Gasteiger charge is 2.28. The van der Waals surface area contributed by atoms with Gasteiger partial charge in [-0.1, -0.05) is 52.4 Å². The molecule has 3 atom stereocenters. The third kappa shape index (κ3) is 4.42. The van der Waals surface area contributed by atoms with Crippen LogP contribution in [-0.4, -0.2) is 6.04 Å². The Hall–Kier alpha value is -0.0800. The molecule has 1 aliphatic rings. The van der Waals surface area contributed by atoms with Gasteiger partial charge in [-0.05, 0) is 31.1 Å². The third-order valence-corrected chi connectivity index (χ3v) is 4.31. The summed E-state index contributed by atoms with van der Waals surface area (Å²) in [5.41, 5.74) is 3.07. The van der Waals surface area contributed by atoms with E-state index in [2.05, 4.69) is 19.3 Å². The molecule has 0 spiro atoms. The largest absolute Gasteiger partial charge is 0.271 e. The van der Waals surface area contributed by atoms with Gasteiger partial charge in [-0.25, -0.2) is 0 Å². The van der Waals surface area contributed by atoms with Gasteiger partial charge < -0.3 is 0 Å². The van der Waals surface area contributed by atoms with Gasteiger partial charge in [-0.3, -0.25) is 11.3 Å². The second-order valence-corrected chi connectivity index (χ2v) is 5.47. The van der Waals surface area contributed by atoms with Gasteiger partial charge in [0.05, 0.1) is 0 Å². The molecule has 0 saturated heterocycles. The molecular weight excluding hydrogens is 196 g/mol. The highest BCUT2D eigenvalue weighted by atomic mass is 15.2. The van der Waals surface area contributed by atoms with E-state index in [0.717, 1.165) is 11.8 Å². The molecule has 0 amide bonds. The summed E-state index contributed by atoms with van der Waals surface area (Å²) in [5.74, 6) is 7.52. The molecule has 0 aliphatic heterocycles. The van der Waals surface area contributed by atoms with Gasteiger partial charge in [0.15, 0.2) is 0 Å². The van der Waals surface area contributed by atoms with Crippen molar-refractivity contribution in [1.82, 2.24) is 5.43 Å². The van der Waals surface area contributed by atoms with Crippen molar-refractivity contribution in [1.29, 1.82) is 0 Å². The van der Waals surface area contributed by atoms with Gasteiger partial charge >= 0.3 is 0 Å². The van der Waals surface area contributed by atoms with Crippen LogP contribution < -0.4 is 11.3 Å². The molecule has 0 heterocycles. The lowest BCUT2D eigenvalue weighted by Gasteiger charge is -2.23. The zero-order valence-corrected chi connectivity index (χ0v) is 11.2. The van der Waals surface area contributed by atoms with E-state index >= 15 is 0 Å². The van der Waals surface area contributed by atoms with Crippen LogP contribution in [0.15, 0.2) is 0 Å². The maximum Gasteiger partial charge on any atom is 0.0238 e. The zero-order valence-electron chi connectivity index (χ0n) is 11.2. The van der Waals surface area contributed by atoms with Crippen LogP contribution in [0.4, 0.5) is 0 Å². The van der Waals surface area contributed by atoms with Gasteiger partial charge in [-0.2, -0.15) is 0 Å². The lowest BCUT2D eigenvalue weighted by molar-refractivity contribution is 0.324. The fraction of sp³-hybridized carbons (Fsp3) is 1.00. The third-order valence-electron chi connectivity index (χ3n) is 4.31. The van der Waals surface area contributed by atoms with Crippen molar-refractivity contribution in [2.75, 3.05) is 0 Å². The number of nitrogens with two attached hydrogens (primary N) is 1. The van der Waals surface area contributed by atoms with E-state index in [9.17, 15) is 0 Å². The summed E-state index contributed by atoms with van der Waals surface area (Å²) in [5, 5.41) is 0. The fourth-order valence-corrected chi connectivity index (χ4v) is 3.10. The summed E-state index contributed by atoms with van der Waals surface area (Å²) in [4.78, 5) is 0. The maximum absolute atomic E-state index is 5.70. The second-order valence-electron chi connectivity index (χ2n) is 5.47. The first-order valence-corrected chi connectivity index (χ1v) is 7.27. The van der Waals surface area contributed by atoms with Crippen LogP contribution >= 0.6 is 0 Å². The molecule has 1 saturated carbocycles. The van der Waals surface area contributed by atoms with Crippen molar-refractivity contribution in [3.05, 3.63) is 0 Å². The summed E-state index contributed by atoms with van der Waals surface area (Å²) >= 11 is 0. The fourth-order valence-electron chi connectivity index (χ4n) is 3.10. The lowest BCUT2D eigenvalue weighted by atomic mass is 9.92. The van der Waals surface area contributed by atoms with Gasteiger partial charge in [0.2, 0.25) is 0 Å². The maximum atomic E-state index is 5.70. The van der Waals surface area contributed by atoms with Crippen LogP contribution in [0.25, 0.3) is 0 Å². The van der Waals surface area contributed by atoms with E-state index in [-0.39, 0.29) is 0 Å². The normalized spacial score (nSPS) is 27.2. The number of unbranched alkanes of at least 4 members (excludes halogenated alkanes) is 3. The summed E-state index contributed by atoms with van der Waals surface area (Å²) < 4.78 is 0. The van der Waals surface area contributed by atoms with Crippen LogP contribution in [0.5, 0.6) is 0 Å². The molecule has 0 radical (unpaired) electrons. The van der Waals surface area contributed by atoms with Gasteiger partial charge in [0, 0.05) is 6.04 Å². The Morgan fingerprint density at radius 3 is 2.56 bits per heavy atom. The standard InChI is InChI=1S/C14H30N2/c1-3-5-6-7-8-14(16-15)13-10-9-12(4-2)11-13/h12-14,16H,3-11,15H2,1-2H3. The van der Waals surface area contributed by atoms with Crippen LogP contribution in [-0.2, 0) is 0 Å². The molecule has 0 bridgehead atoms. The molecule has 16 heavy (non-hydrogen) atoms. The Kier molecular flexibility index (Phi) is 7.06. The molecule has 2 heteroatoms. The van der Waals surface area contributed by atoms with Crippen molar-refractivity contribution in [2.45, 2.75) is 77.7 Å². The molecule has 2 nitrogen and oxygen atoms in total. The SMILES string of the molecule is CCCCCCC(NN)C1CCC(CC)C1. The summed E-state index contributed by atoms with van der Waals surface area (Å²) in [6, 6.07) is 0.577. The Balaban J connectivity index is 2.20. The Morgan fingerprint density at radius 1 is 1.19 bits per heavy atom. The van der Waals surface area contributed by atoms with E-state index in [1.165, 1.54) is 57.8 Å². The van der Waals surface area contributed by atoms with E-state index < -0.39 is 0 Å². The summed E-state index contributed by atoms with van der Waals surface area (Å²) in [6.07, 6.45) is 12.3. The van der Waals surface area contributed by atoms with E-state index in [4.69, 9.17) is 5.84 Å². The number of hydrogen-bond donors (Lipinski definition) is 2. The zero-order chi connectivity index (χ0) is 11.8. The van der Waals surface area contributed by atoms with E-state index in [0.29, 0.717) is 6.04 Å². The smallest absolute Gasteiger partial charge is 0.0238 e. The topological polar surface area (TPSA) is 38.0 Å².